The lowest BCUT2D eigenvalue weighted by Gasteiger charge is -2.41. The number of piperidine rings is 1. The van der Waals surface area contributed by atoms with Crippen LogP contribution in [0.1, 0.15) is 135 Å². The summed E-state index contributed by atoms with van der Waals surface area (Å²) in [6.07, 6.45) is 9.80. The van der Waals surface area contributed by atoms with Crippen LogP contribution >= 0.6 is 11.3 Å². The summed E-state index contributed by atoms with van der Waals surface area (Å²) >= 11 is 1.72. The molecule has 4 aliphatic heterocycles. The van der Waals surface area contributed by atoms with E-state index in [0.29, 0.717) is 30.5 Å². The van der Waals surface area contributed by atoms with Crippen molar-refractivity contribution < 1.29 is 37.8 Å². The molecule has 3 aromatic heterocycles. The molecule has 8 atom stereocenters. The van der Waals surface area contributed by atoms with E-state index in [9.17, 15) is 19.2 Å². The Balaban J connectivity index is 0.877. The van der Waals surface area contributed by atoms with E-state index in [1.807, 2.05) is 31.1 Å². The van der Waals surface area contributed by atoms with Gasteiger partial charge in [-0.2, -0.15) is 0 Å². The van der Waals surface area contributed by atoms with Crippen LogP contribution in [-0.2, 0) is 25.5 Å². The third-order valence-electron chi connectivity index (χ3n) is 15.1. The van der Waals surface area contributed by atoms with Crippen molar-refractivity contribution in [2.75, 3.05) is 25.7 Å². The Labute approximate surface area is 409 Å². The first-order valence-corrected chi connectivity index (χ1v) is 25.2. The molecule has 11 rings (SSSR count). The number of nitrogens with zero attached hydrogens (tertiary/aromatic N) is 6. The van der Waals surface area contributed by atoms with E-state index in [1.165, 1.54) is 28.1 Å². The number of carbonyl (C=O) groups excluding carboxylic acids is 4. The molecule has 70 heavy (non-hydrogen) atoms. The second-order valence-electron chi connectivity index (χ2n) is 20.6. The lowest BCUT2D eigenvalue weighted by molar-refractivity contribution is -0.139. The van der Waals surface area contributed by atoms with E-state index in [4.69, 9.17) is 29.2 Å². The lowest BCUT2D eigenvalue weighted by atomic mass is 9.92. The molecule has 2 aromatic carbocycles. The van der Waals surface area contributed by atoms with Crippen molar-refractivity contribution >= 4 is 41.0 Å². The lowest BCUT2D eigenvalue weighted by Crippen LogP contribution is -2.57. The highest BCUT2D eigenvalue weighted by Crippen LogP contribution is 2.56. The number of rotatable bonds is 12. The standard InChI is InChI=1S/C51H59FN10O7S/c1-24(2)41(58-49(65)67-6)46(63)60-14-8-9-34(60)43-53-22-32(57-43)28-15-25(3)40-36-18-29-16-27(12-13-33(29)62(36)48(69-38(40)20-28)39-23-55-45(70-39)26-10-11-26)31-21-54-44(56-31)37-19-30-17-35(30)61(37)47(64)42(51(4,5)52)59-50(66)68-7/h12-13,15-16,20-24,26,30,34-37,41-42,48H,8-11,14,17-19H2,1-7H3,(H,53,57)(H,54,56)(H,58,65)(H,59,66)/t30-,34+,35-,36?,37+,41+,42-,48?/m1/s1. The van der Waals surface area contributed by atoms with Gasteiger partial charge in [-0.1, -0.05) is 19.9 Å². The highest BCUT2D eigenvalue weighted by atomic mass is 32.1. The van der Waals surface area contributed by atoms with Gasteiger partial charge in [0.05, 0.1) is 66.0 Å². The molecule has 6 aliphatic rings. The quantitative estimate of drug-likeness (QED) is 0.0935. The number of ether oxygens (including phenoxy) is 3. The van der Waals surface area contributed by atoms with Crippen LogP contribution in [0.4, 0.5) is 19.7 Å². The fourth-order valence-corrected chi connectivity index (χ4v) is 12.4. The SMILES string of the molecule is COC(=O)N[C@H](C(=O)N1CCC[C@H]1c1ncc(-c2cc(C)c3c(c2)OC(c2cnc(C4CC4)s2)N2c4ccc(-c5cnc([C@@H]6C[C@H]7C[C@H]7N6C(=O)[C@@H](NC(=O)OC)C(C)(C)F)[nH]5)cc4CC32)[nH]1)C(C)C. The predicted molar refractivity (Wildman–Crippen MR) is 258 cm³/mol. The van der Waals surface area contributed by atoms with Gasteiger partial charge in [0.15, 0.2) is 0 Å². The number of aromatic nitrogens is 5. The van der Waals surface area contributed by atoms with Crippen LogP contribution in [0.3, 0.4) is 0 Å². The van der Waals surface area contributed by atoms with Gasteiger partial charge in [-0.15, -0.1) is 11.3 Å². The molecule has 0 bridgehead atoms. The number of alkyl carbamates (subject to hydrolysis) is 2. The highest BCUT2D eigenvalue weighted by molar-refractivity contribution is 7.11. The smallest absolute Gasteiger partial charge is 0.407 e. The molecule has 2 aliphatic carbocycles. The maximum absolute atomic E-state index is 15.5. The number of amides is 4. The topological polar surface area (TPSA) is 200 Å². The Morgan fingerprint density at radius 2 is 1.59 bits per heavy atom. The zero-order valence-corrected chi connectivity index (χ0v) is 41.2. The fourth-order valence-electron chi connectivity index (χ4n) is 11.3. The average molecular weight is 975 g/mol. The second kappa shape index (κ2) is 17.4. The Morgan fingerprint density at radius 3 is 2.29 bits per heavy atom. The van der Waals surface area contributed by atoms with Gasteiger partial charge in [0.2, 0.25) is 18.0 Å². The normalized spacial score (nSPS) is 24.0. The molecular weight excluding hydrogens is 916 g/mol. The molecule has 0 radical (unpaired) electrons. The number of aryl methyl sites for hydroxylation is 1. The van der Waals surface area contributed by atoms with Crippen molar-refractivity contribution in [1.29, 1.82) is 0 Å². The molecule has 4 amide bonds. The van der Waals surface area contributed by atoms with Crippen LogP contribution in [0.25, 0.3) is 22.5 Å². The summed E-state index contributed by atoms with van der Waals surface area (Å²) in [5, 5.41) is 6.31. The molecule has 4 N–H and O–H groups in total. The number of thiazole rings is 1. The van der Waals surface area contributed by atoms with Gasteiger partial charge in [0, 0.05) is 41.5 Å². The van der Waals surface area contributed by atoms with Crippen molar-refractivity contribution in [2.24, 2.45) is 11.8 Å². The van der Waals surface area contributed by atoms with Gasteiger partial charge in [0.25, 0.3) is 0 Å². The Hall–Kier alpha value is -6.50. The number of aromatic amines is 2. The van der Waals surface area contributed by atoms with Crippen LogP contribution in [0.15, 0.2) is 48.9 Å². The number of hydrogen-bond donors (Lipinski definition) is 4. The molecule has 368 valence electrons. The molecule has 0 spiro atoms. The maximum Gasteiger partial charge on any atom is 0.407 e. The Kier molecular flexibility index (Phi) is 11.4. The number of halogens is 1. The average Bonchev–Trinajstić information content (AvgIpc) is 3.81. The maximum atomic E-state index is 15.5. The zero-order chi connectivity index (χ0) is 48.9. The van der Waals surface area contributed by atoms with Crippen LogP contribution in [0.2, 0.25) is 0 Å². The minimum atomic E-state index is -2.03. The van der Waals surface area contributed by atoms with Crippen molar-refractivity contribution in [2.45, 2.75) is 134 Å². The van der Waals surface area contributed by atoms with E-state index in [1.54, 1.807) is 22.4 Å². The van der Waals surface area contributed by atoms with Crippen LogP contribution in [0, 0.1) is 18.8 Å². The summed E-state index contributed by atoms with van der Waals surface area (Å²) < 4.78 is 32.2. The van der Waals surface area contributed by atoms with Crippen molar-refractivity contribution in [3.8, 4) is 28.3 Å². The van der Waals surface area contributed by atoms with Crippen LogP contribution < -0.4 is 20.3 Å². The summed E-state index contributed by atoms with van der Waals surface area (Å²) in [5.74, 6) is 2.11. The van der Waals surface area contributed by atoms with Gasteiger partial charge in [0.1, 0.15) is 35.2 Å². The summed E-state index contributed by atoms with van der Waals surface area (Å²) in [6.45, 7) is 9.06. The molecule has 7 heterocycles. The number of benzene rings is 2. The molecular formula is C51H59FN10O7S. The van der Waals surface area contributed by atoms with E-state index in [0.717, 1.165) is 99.1 Å². The second-order valence-corrected chi connectivity index (χ2v) is 21.7. The van der Waals surface area contributed by atoms with Gasteiger partial charge in [-0.25, -0.2) is 28.9 Å². The summed E-state index contributed by atoms with van der Waals surface area (Å²) in [7, 11) is 2.48. The number of methoxy groups -OCH3 is 2. The number of nitrogens with one attached hydrogen (secondary N) is 4. The van der Waals surface area contributed by atoms with E-state index < -0.39 is 48.1 Å². The minimum Gasteiger partial charge on any atom is -0.465 e. The molecule has 2 saturated carbocycles. The zero-order valence-electron chi connectivity index (χ0n) is 40.4. The first-order valence-electron chi connectivity index (χ1n) is 24.4. The molecule has 5 aromatic rings. The van der Waals surface area contributed by atoms with Crippen LogP contribution in [0.5, 0.6) is 5.75 Å². The Morgan fingerprint density at radius 1 is 0.871 bits per heavy atom. The molecule has 4 fully saturated rings. The van der Waals surface area contributed by atoms with Crippen LogP contribution in [-0.4, -0.2) is 103 Å². The van der Waals surface area contributed by atoms with E-state index in [2.05, 4.69) is 62.8 Å². The summed E-state index contributed by atoms with van der Waals surface area (Å²) in [4.78, 5) is 80.8. The van der Waals surface area contributed by atoms with E-state index in [-0.39, 0.29) is 35.9 Å². The van der Waals surface area contributed by atoms with Crippen molar-refractivity contribution in [1.82, 2.24) is 45.4 Å². The van der Waals surface area contributed by atoms with Gasteiger partial charge < -0.3 is 49.5 Å². The number of H-pyrrole nitrogens is 2. The highest BCUT2D eigenvalue weighted by Gasteiger charge is 2.57. The van der Waals surface area contributed by atoms with Gasteiger partial charge >= 0.3 is 12.2 Å². The van der Waals surface area contributed by atoms with Gasteiger partial charge in [-0.3, -0.25) is 9.59 Å². The summed E-state index contributed by atoms with van der Waals surface area (Å²) in [6, 6.07) is 7.85. The number of hydrogen-bond acceptors (Lipinski definition) is 12. The number of anilines is 1. The molecule has 17 nitrogen and oxygen atoms in total. The number of fused-ring (bicyclic) bond motifs is 6. The fraction of sp³-hybridized carbons (Fsp3) is 0.510. The van der Waals surface area contributed by atoms with Crippen molar-refractivity contribution in [3.05, 3.63) is 87.1 Å². The minimum absolute atomic E-state index is 0.0316. The molecule has 2 saturated heterocycles. The first kappa shape index (κ1) is 45.9. The van der Waals surface area contributed by atoms with Gasteiger partial charge in [-0.05, 0) is 119 Å². The number of alkyl halides is 1. The first-order chi connectivity index (χ1) is 33.6. The van der Waals surface area contributed by atoms with Crippen molar-refractivity contribution in [3.63, 3.8) is 0 Å². The largest absolute Gasteiger partial charge is 0.465 e. The third kappa shape index (κ3) is 8.12. The Bertz CT molecular complexity index is 2890. The number of imidazole rings is 2. The molecule has 19 heteroatoms. The monoisotopic (exact) mass is 974 g/mol. The predicted octanol–water partition coefficient (Wildman–Crippen LogP) is 8.48. The molecule has 2 unspecified atom stereocenters. The number of likely N-dealkylation sites (tertiary alicyclic amines) is 2. The van der Waals surface area contributed by atoms with E-state index >= 15 is 4.39 Å². The summed E-state index contributed by atoms with van der Waals surface area (Å²) in [5.41, 5.74) is 5.88. The third-order valence-corrected chi connectivity index (χ3v) is 16.3. The number of carbonyl (C=O) groups is 4.